The second-order valence-corrected chi connectivity index (χ2v) is 5.43. The van der Waals surface area contributed by atoms with E-state index in [1.807, 2.05) is 30.3 Å². The number of carboxylic acid groups (broad SMARTS) is 1. The molecule has 2 atom stereocenters. The molecular formula is C16H16N2O4. The highest BCUT2D eigenvalue weighted by atomic mass is 16.5. The van der Waals surface area contributed by atoms with Gasteiger partial charge in [-0.1, -0.05) is 35.5 Å². The molecular weight excluding hydrogens is 284 g/mol. The van der Waals surface area contributed by atoms with E-state index in [2.05, 4.69) is 5.16 Å². The highest BCUT2D eigenvalue weighted by Crippen LogP contribution is 2.33. The first-order valence-electron chi connectivity index (χ1n) is 7.10. The number of benzene rings is 1. The van der Waals surface area contributed by atoms with Gasteiger partial charge in [0.1, 0.15) is 6.26 Å². The minimum atomic E-state index is -0.870. The van der Waals surface area contributed by atoms with Crippen LogP contribution in [0.5, 0.6) is 0 Å². The first kappa shape index (κ1) is 14.3. The molecule has 22 heavy (non-hydrogen) atoms. The number of aliphatic carboxylic acids is 1. The third-order valence-corrected chi connectivity index (χ3v) is 4.04. The fourth-order valence-corrected chi connectivity index (χ4v) is 2.89. The standard InChI is InChI=1S/C16H16N2O4/c19-15(8-12-6-7-22-17-12)18-9-13(14(10-18)16(20)21)11-4-2-1-3-5-11/h1-7,13-14H,8-10H2,(H,20,21). The second kappa shape index (κ2) is 6.01. The van der Waals surface area contributed by atoms with E-state index < -0.39 is 11.9 Å². The lowest BCUT2D eigenvalue weighted by atomic mass is 9.89. The Hall–Kier alpha value is -2.63. The Bertz CT molecular complexity index is 654. The predicted molar refractivity (Wildman–Crippen MR) is 77.1 cm³/mol. The van der Waals surface area contributed by atoms with Crippen LogP contribution in [-0.2, 0) is 16.0 Å². The lowest BCUT2D eigenvalue weighted by Gasteiger charge is -2.16. The summed E-state index contributed by atoms with van der Waals surface area (Å²) in [6.45, 7) is 0.642. The third kappa shape index (κ3) is 2.86. The van der Waals surface area contributed by atoms with Crippen LogP contribution in [0.25, 0.3) is 0 Å². The molecule has 0 bridgehead atoms. The number of carbonyl (C=O) groups excluding carboxylic acids is 1. The molecule has 1 aliphatic heterocycles. The summed E-state index contributed by atoms with van der Waals surface area (Å²) in [5, 5.41) is 13.2. The van der Waals surface area contributed by atoms with Crippen molar-refractivity contribution < 1.29 is 19.2 Å². The van der Waals surface area contributed by atoms with Gasteiger partial charge in [0, 0.05) is 25.1 Å². The molecule has 2 heterocycles. The molecule has 0 saturated carbocycles. The summed E-state index contributed by atoms with van der Waals surface area (Å²) < 4.78 is 4.71. The van der Waals surface area contributed by atoms with Crippen molar-refractivity contribution in [2.75, 3.05) is 13.1 Å². The van der Waals surface area contributed by atoms with Gasteiger partial charge in [0.2, 0.25) is 5.91 Å². The molecule has 0 spiro atoms. The minimum Gasteiger partial charge on any atom is -0.481 e. The zero-order valence-electron chi connectivity index (χ0n) is 11.9. The molecule has 1 saturated heterocycles. The first-order chi connectivity index (χ1) is 10.6. The highest BCUT2D eigenvalue weighted by Gasteiger charge is 2.40. The summed E-state index contributed by atoms with van der Waals surface area (Å²) in [7, 11) is 0. The topological polar surface area (TPSA) is 83.6 Å². The Labute approximate surface area is 127 Å². The van der Waals surface area contributed by atoms with Gasteiger partial charge in [0.05, 0.1) is 18.0 Å². The lowest BCUT2D eigenvalue weighted by molar-refractivity contribution is -0.141. The van der Waals surface area contributed by atoms with Gasteiger partial charge < -0.3 is 14.5 Å². The predicted octanol–water partition coefficient (Wildman–Crippen LogP) is 1.54. The smallest absolute Gasteiger partial charge is 0.308 e. The largest absolute Gasteiger partial charge is 0.481 e. The van der Waals surface area contributed by atoms with Crippen molar-refractivity contribution >= 4 is 11.9 Å². The molecule has 1 aromatic carbocycles. The van der Waals surface area contributed by atoms with Crippen LogP contribution in [0.4, 0.5) is 0 Å². The number of hydrogen-bond acceptors (Lipinski definition) is 4. The third-order valence-electron chi connectivity index (χ3n) is 4.04. The molecule has 1 N–H and O–H groups in total. The van der Waals surface area contributed by atoms with Crippen LogP contribution < -0.4 is 0 Å². The number of hydrogen-bond donors (Lipinski definition) is 1. The number of amides is 1. The molecule has 6 heteroatoms. The first-order valence-corrected chi connectivity index (χ1v) is 7.10. The van der Waals surface area contributed by atoms with Crippen LogP contribution in [0.3, 0.4) is 0 Å². The normalized spacial score (nSPS) is 21.0. The van der Waals surface area contributed by atoms with E-state index in [1.54, 1.807) is 11.0 Å². The number of nitrogens with zero attached hydrogens (tertiary/aromatic N) is 2. The molecule has 3 rings (SSSR count). The van der Waals surface area contributed by atoms with Gasteiger partial charge in [0.25, 0.3) is 0 Å². The van der Waals surface area contributed by atoms with Crippen LogP contribution >= 0.6 is 0 Å². The van der Waals surface area contributed by atoms with Crippen LogP contribution in [0.2, 0.25) is 0 Å². The number of likely N-dealkylation sites (tertiary alicyclic amines) is 1. The van der Waals surface area contributed by atoms with Gasteiger partial charge in [-0.15, -0.1) is 0 Å². The monoisotopic (exact) mass is 300 g/mol. The molecule has 2 aromatic rings. The number of carboxylic acids is 1. The van der Waals surface area contributed by atoms with Gasteiger partial charge >= 0.3 is 5.97 Å². The van der Waals surface area contributed by atoms with Gasteiger partial charge in [-0.05, 0) is 5.56 Å². The maximum Gasteiger partial charge on any atom is 0.308 e. The summed E-state index contributed by atoms with van der Waals surface area (Å²) >= 11 is 0. The maximum atomic E-state index is 12.3. The van der Waals surface area contributed by atoms with Crippen LogP contribution in [0.15, 0.2) is 47.2 Å². The van der Waals surface area contributed by atoms with E-state index in [9.17, 15) is 14.7 Å². The van der Waals surface area contributed by atoms with Gasteiger partial charge in [-0.3, -0.25) is 9.59 Å². The molecule has 0 aliphatic carbocycles. The van der Waals surface area contributed by atoms with Crippen molar-refractivity contribution in [3.8, 4) is 0 Å². The van der Waals surface area contributed by atoms with Crippen molar-refractivity contribution in [1.29, 1.82) is 0 Å². The molecule has 1 aliphatic rings. The Morgan fingerprint density at radius 2 is 2.00 bits per heavy atom. The second-order valence-electron chi connectivity index (χ2n) is 5.43. The van der Waals surface area contributed by atoms with E-state index in [4.69, 9.17) is 4.52 Å². The summed E-state index contributed by atoms with van der Waals surface area (Å²) in [4.78, 5) is 25.4. The number of carbonyl (C=O) groups is 2. The molecule has 114 valence electrons. The summed E-state index contributed by atoms with van der Waals surface area (Å²) in [5.74, 6) is -1.76. The van der Waals surface area contributed by atoms with Crippen LogP contribution in [0.1, 0.15) is 17.2 Å². The lowest BCUT2D eigenvalue weighted by Crippen LogP contribution is -2.31. The fraction of sp³-hybridized carbons (Fsp3) is 0.312. The molecule has 1 fully saturated rings. The van der Waals surface area contributed by atoms with E-state index in [0.717, 1.165) is 5.56 Å². The van der Waals surface area contributed by atoms with Gasteiger partial charge in [-0.2, -0.15) is 0 Å². The van der Waals surface area contributed by atoms with Gasteiger partial charge in [0.15, 0.2) is 0 Å². The van der Waals surface area contributed by atoms with Crippen LogP contribution in [-0.4, -0.2) is 40.1 Å². The fourth-order valence-electron chi connectivity index (χ4n) is 2.89. The molecule has 2 unspecified atom stereocenters. The molecule has 1 aromatic heterocycles. The Kier molecular flexibility index (Phi) is 3.91. The van der Waals surface area contributed by atoms with E-state index in [1.165, 1.54) is 6.26 Å². The summed E-state index contributed by atoms with van der Waals surface area (Å²) in [6.07, 6.45) is 1.55. The van der Waals surface area contributed by atoms with Crippen molar-refractivity contribution in [3.05, 3.63) is 53.9 Å². The van der Waals surface area contributed by atoms with Crippen molar-refractivity contribution in [1.82, 2.24) is 10.1 Å². The molecule has 6 nitrogen and oxygen atoms in total. The quantitative estimate of drug-likeness (QED) is 0.926. The SMILES string of the molecule is O=C(O)C1CN(C(=O)Cc2ccon2)CC1c1ccccc1. The molecule has 0 radical (unpaired) electrons. The molecule has 1 amide bonds. The highest BCUT2D eigenvalue weighted by molar-refractivity contribution is 5.81. The Morgan fingerprint density at radius 3 is 2.64 bits per heavy atom. The van der Waals surface area contributed by atoms with Gasteiger partial charge in [-0.25, -0.2) is 0 Å². The Balaban J connectivity index is 1.75. The maximum absolute atomic E-state index is 12.3. The van der Waals surface area contributed by atoms with E-state index >= 15 is 0 Å². The summed E-state index contributed by atoms with van der Waals surface area (Å²) in [6, 6.07) is 11.1. The zero-order valence-corrected chi connectivity index (χ0v) is 11.9. The van der Waals surface area contributed by atoms with Crippen molar-refractivity contribution in [2.24, 2.45) is 5.92 Å². The van der Waals surface area contributed by atoms with Crippen molar-refractivity contribution in [3.63, 3.8) is 0 Å². The van der Waals surface area contributed by atoms with E-state index in [0.29, 0.717) is 12.2 Å². The number of rotatable bonds is 4. The minimum absolute atomic E-state index is 0.126. The van der Waals surface area contributed by atoms with Crippen molar-refractivity contribution in [2.45, 2.75) is 12.3 Å². The average Bonchev–Trinajstić information content (AvgIpc) is 3.17. The van der Waals surface area contributed by atoms with E-state index in [-0.39, 0.29) is 24.8 Å². The average molecular weight is 300 g/mol. The summed E-state index contributed by atoms with van der Waals surface area (Å²) in [5.41, 5.74) is 1.51. The number of aromatic nitrogens is 1. The Morgan fingerprint density at radius 1 is 1.23 bits per heavy atom. The zero-order chi connectivity index (χ0) is 15.5. The van der Waals surface area contributed by atoms with Crippen LogP contribution in [0, 0.1) is 5.92 Å².